The molecule has 0 aliphatic heterocycles. The Morgan fingerprint density at radius 3 is 1.96 bits per heavy atom. The summed E-state index contributed by atoms with van der Waals surface area (Å²) in [6.07, 6.45) is 13.5. The van der Waals surface area contributed by atoms with Gasteiger partial charge in [-0.3, -0.25) is 24.0 Å². The highest BCUT2D eigenvalue weighted by molar-refractivity contribution is 6.01. The fourth-order valence-electron chi connectivity index (χ4n) is 13.9. The lowest BCUT2D eigenvalue weighted by Crippen LogP contribution is -2.61. The van der Waals surface area contributed by atoms with Crippen molar-refractivity contribution in [1.29, 1.82) is 0 Å². The van der Waals surface area contributed by atoms with Gasteiger partial charge in [-0.25, -0.2) is 0 Å². The zero-order chi connectivity index (χ0) is 37.8. The Balaban J connectivity index is 0.000000162. The molecule has 10 heteroatoms. The van der Waals surface area contributed by atoms with Crippen molar-refractivity contribution in [1.82, 2.24) is 0 Å². The van der Waals surface area contributed by atoms with Gasteiger partial charge in [0.15, 0.2) is 23.1 Å². The minimum atomic E-state index is -1.60. The van der Waals surface area contributed by atoms with Crippen LogP contribution in [0.25, 0.3) is 0 Å². The second-order valence-electron chi connectivity index (χ2n) is 18.6. The van der Waals surface area contributed by atoms with Gasteiger partial charge in [0, 0.05) is 40.9 Å². The van der Waals surface area contributed by atoms with E-state index in [0.717, 1.165) is 43.3 Å². The molecule has 8 aliphatic rings. The van der Waals surface area contributed by atoms with Crippen LogP contribution in [0.15, 0.2) is 35.5 Å². The van der Waals surface area contributed by atoms with Crippen LogP contribution < -0.4 is 0 Å². The largest absolute Gasteiger partial charge is 0.393 e. The van der Waals surface area contributed by atoms with Crippen LogP contribution in [0.5, 0.6) is 0 Å². The van der Waals surface area contributed by atoms with Crippen molar-refractivity contribution in [3.05, 3.63) is 35.5 Å². The Kier molecular flexibility index (Phi) is 9.02. The summed E-state index contributed by atoms with van der Waals surface area (Å²) in [7, 11) is 0. The second kappa shape index (κ2) is 12.4. The Morgan fingerprint density at radius 2 is 1.33 bits per heavy atom. The number of rotatable bonds is 4. The maximum absolute atomic E-state index is 13.3. The van der Waals surface area contributed by atoms with Crippen LogP contribution in [0.2, 0.25) is 0 Å². The third-order valence-corrected chi connectivity index (χ3v) is 16.7. The van der Waals surface area contributed by atoms with Crippen LogP contribution in [-0.4, -0.2) is 85.0 Å². The monoisotopic (exact) mass is 720 g/mol. The number of hydrogen-bond donors (Lipinski definition) is 5. The molecule has 0 aromatic carbocycles. The highest BCUT2D eigenvalue weighted by Crippen LogP contribution is 2.68. The third kappa shape index (κ3) is 4.96. The van der Waals surface area contributed by atoms with Gasteiger partial charge in [0.2, 0.25) is 0 Å². The number of carbonyl (C=O) groups excluding carboxylic acids is 5. The Labute approximate surface area is 305 Å². The zero-order valence-electron chi connectivity index (χ0n) is 31.0. The first-order chi connectivity index (χ1) is 24.3. The fourth-order valence-corrected chi connectivity index (χ4v) is 13.9. The quantitative estimate of drug-likeness (QED) is 0.288. The molecule has 0 aromatic rings. The van der Waals surface area contributed by atoms with Gasteiger partial charge >= 0.3 is 0 Å². The van der Waals surface area contributed by atoms with Gasteiger partial charge in [0.05, 0.1) is 6.10 Å². The van der Waals surface area contributed by atoms with Gasteiger partial charge in [-0.2, -0.15) is 0 Å². The van der Waals surface area contributed by atoms with Gasteiger partial charge in [-0.15, -0.1) is 0 Å². The molecule has 0 amide bonds. The highest BCUT2D eigenvalue weighted by Gasteiger charge is 2.69. The molecule has 284 valence electrons. The molecule has 10 nitrogen and oxygen atoms in total. The van der Waals surface area contributed by atoms with E-state index in [4.69, 9.17) is 0 Å². The van der Waals surface area contributed by atoms with Gasteiger partial charge < -0.3 is 25.5 Å². The Hall–Kier alpha value is -2.63. The molecule has 0 unspecified atom stereocenters. The Morgan fingerprint density at radius 1 is 0.750 bits per heavy atom. The lowest BCUT2D eigenvalue weighted by Gasteiger charge is -2.59. The standard InChI is InChI=1S/2C21H28O5/c2*1-19-7-5-13(23)9-12(19)3-4-14-15-6-8-21(26,17(25)11-22)20(15,2)10-16(24)18(14)19/h9,14-15,18,22,26H,3-8,10-11H2,1-2H3;5,7,9,14-16,18,22,24,26H,3-4,6,8,10-11H2,1-2H3/t14-,15-,18+,19-,20-,21-;14-,15-,16-,18+,19-,20-,21-/m00/s1. The minimum Gasteiger partial charge on any atom is -0.393 e. The van der Waals surface area contributed by atoms with E-state index < -0.39 is 52.9 Å². The van der Waals surface area contributed by atoms with Crippen LogP contribution in [0, 0.1) is 57.2 Å². The van der Waals surface area contributed by atoms with E-state index in [1.54, 1.807) is 18.2 Å². The van der Waals surface area contributed by atoms with E-state index in [-0.39, 0.29) is 70.1 Å². The predicted octanol–water partition coefficient (Wildman–Crippen LogP) is 3.55. The summed E-state index contributed by atoms with van der Waals surface area (Å²) in [5, 5.41) is 52.2. The molecule has 52 heavy (non-hydrogen) atoms. The van der Waals surface area contributed by atoms with E-state index in [1.165, 1.54) is 0 Å². The van der Waals surface area contributed by atoms with E-state index in [0.29, 0.717) is 38.5 Å². The normalized spacial score (nSPS) is 48.8. The van der Waals surface area contributed by atoms with E-state index >= 15 is 0 Å². The maximum Gasteiger partial charge on any atom is 0.190 e. The van der Waals surface area contributed by atoms with E-state index in [1.807, 2.05) is 19.9 Å². The molecular weight excluding hydrogens is 664 g/mol. The molecule has 0 radical (unpaired) electrons. The summed E-state index contributed by atoms with van der Waals surface area (Å²) < 4.78 is 0. The number of hydrogen-bond acceptors (Lipinski definition) is 10. The van der Waals surface area contributed by atoms with E-state index in [2.05, 4.69) is 13.8 Å². The summed E-state index contributed by atoms with van der Waals surface area (Å²) in [5.74, 6) is -0.399. The molecular formula is C42H56O10. The topological polar surface area (TPSA) is 186 Å². The number of Topliss-reactive ketones (excluding diaryl/α,β-unsaturated/α-hetero) is 3. The molecule has 0 heterocycles. The maximum atomic E-state index is 13.3. The van der Waals surface area contributed by atoms with Gasteiger partial charge in [-0.05, 0) is 112 Å². The van der Waals surface area contributed by atoms with Crippen LogP contribution in [0.4, 0.5) is 0 Å². The number of fused-ring (bicyclic) bond motifs is 10. The number of allylic oxidation sites excluding steroid dienone is 5. The lowest BCUT2D eigenvalue weighted by molar-refractivity contribution is -0.178. The number of aliphatic hydroxyl groups excluding tert-OH is 3. The summed E-state index contributed by atoms with van der Waals surface area (Å²) in [6, 6.07) is 0. The predicted molar refractivity (Wildman–Crippen MR) is 189 cm³/mol. The van der Waals surface area contributed by atoms with Crippen molar-refractivity contribution >= 4 is 28.9 Å². The zero-order valence-corrected chi connectivity index (χ0v) is 31.0. The minimum absolute atomic E-state index is 0.00912. The number of ketones is 5. The van der Waals surface area contributed by atoms with E-state index in [9.17, 15) is 49.5 Å². The molecule has 0 aromatic heterocycles. The van der Waals surface area contributed by atoms with Crippen LogP contribution in [0.1, 0.15) is 105 Å². The Bertz CT molecular complexity index is 1690. The first-order valence-corrected chi connectivity index (χ1v) is 19.5. The van der Waals surface area contributed by atoms with Gasteiger partial charge in [0.25, 0.3) is 0 Å². The smallest absolute Gasteiger partial charge is 0.190 e. The lowest BCUT2D eigenvalue weighted by atomic mass is 9.46. The number of carbonyl (C=O) groups is 5. The average Bonchev–Trinajstić information content (AvgIpc) is 3.53. The van der Waals surface area contributed by atoms with Crippen molar-refractivity contribution in [2.24, 2.45) is 57.2 Å². The molecule has 8 rings (SSSR count). The summed E-state index contributed by atoms with van der Waals surface area (Å²) in [5.41, 5.74) is -3.09. The molecule has 0 spiro atoms. The van der Waals surface area contributed by atoms with Gasteiger partial charge in [-0.1, -0.05) is 44.9 Å². The SMILES string of the molecule is C[C@]12C=CC(=O)C=C1CC[C@@H]1[C@@H]2[C@@H](O)C[C@@]2(C)[C@H]1CC[C@]2(O)C(=O)CO.C[C@]12CCC(=O)C=C1CC[C@@H]1[C@@H]2C(=O)C[C@@]2(C)[C@H]1CC[C@]2(O)C(=O)CO. The van der Waals surface area contributed by atoms with Crippen molar-refractivity contribution in [2.75, 3.05) is 13.2 Å². The first kappa shape index (κ1) is 37.7. The second-order valence-corrected chi connectivity index (χ2v) is 18.6. The third-order valence-electron chi connectivity index (χ3n) is 16.7. The van der Waals surface area contributed by atoms with Crippen molar-refractivity contribution in [2.45, 2.75) is 122 Å². The average molecular weight is 721 g/mol. The highest BCUT2D eigenvalue weighted by atomic mass is 16.3. The molecule has 5 N–H and O–H groups in total. The van der Waals surface area contributed by atoms with Crippen molar-refractivity contribution in [3.8, 4) is 0 Å². The molecule has 13 atom stereocenters. The van der Waals surface area contributed by atoms with Crippen LogP contribution in [-0.2, 0) is 24.0 Å². The molecule has 0 bridgehead atoms. The molecule has 6 saturated carbocycles. The summed E-state index contributed by atoms with van der Waals surface area (Å²) >= 11 is 0. The van der Waals surface area contributed by atoms with Crippen molar-refractivity contribution < 1.29 is 49.5 Å². The van der Waals surface area contributed by atoms with Gasteiger partial charge in [0.1, 0.15) is 30.2 Å². The summed E-state index contributed by atoms with van der Waals surface area (Å²) in [6.45, 7) is 6.65. The van der Waals surface area contributed by atoms with Crippen molar-refractivity contribution in [3.63, 3.8) is 0 Å². The first-order valence-electron chi connectivity index (χ1n) is 19.5. The molecule has 0 saturated heterocycles. The summed E-state index contributed by atoms with van der Waals surface area (Å²) in [4.78, 5) is 61.7. The molecule has 6 fully saturated rings. The fraction of sp³-hybridized carbons (Fsp3) is 0.738. The number of aliphatic hydroxyl groups is 5. The van der Waals surface area contributed by atoms with Crippen LogP contribution in [0.3, 0.4) is 0 Å². The van der Waals surface area contributed by atoms with Crippen LogP contribution >= 0.6 is 0 Å². The molecule has 8 aliphatic carbocycles.